The van der Waals surface area contributed by atoms with Gasteiger partial charge in [-0.25, -0.2) is 4.98 Å². The molecule has 0 aromatic carbocycles. The van der Waals surface area contributed by atoms with Gasteiger partial charge in [-0.3, -0.25) is 9.48 Å². The van der Waals surface area contributed by atoms with E-state index in [4.69, 9.17) is 0 Å². The van der Waals surface area contributed by atoms with Crippen molar-refractivity contribution in [3.63, 3.8) is 0 Å². The molecular weight excluding hydrogens is 242 g/mol. The van der Waals surface area contributed by atoms with Crippen molar-refractivity contribution in [3.8, 4) is 0 Å². The number of aromatic nitrogens is 3. The second-order valence-corrected chi connectivity index (χ2v) is 5.04. The molecule has 0 saturated carbocycles. The Morgan fingerprint density at radius 2 is 2.37 bits per heavy atom. The zero-order valence-corrected chi connectivity index (χ0v) is 11.1. The average molecular weight is 259 g/mol. The maximum atomic E-state index is 12.1. The summed E-state index contributed by atoms with van der Waals surface area (Å²) in [4.78, 5) is 16.4. The Bertz CT molecular complexity index is 629. The molecule has 3 heterocycles. The van der Waals surface area contributed by atoms with E-state index >= 15 is 0 Å². The van der Waals surface area contributed by atoms with Crippen molar-refractivity contribution in [2.45, 2.75) is 6.92 Å². The first-order valence-corrected chi connectivity index (χ1v) is 6.43. The largest absolute Gasteiger partial charge is 0.352 e. The van der Waals surface area contributed by atoms with E-state index in [-0.39, 0.29) is 5.91 Å². The third kappa shape index (κ3) is 2.19. The third-order valence-electron chi connectivity index (χ3n) is 3.54. The fourth-order valence-corrected chi connectivity index (χ4v) is 2.26. The monoisotopic (exact) mass is 259 g/mol. The van der Waals surface area contributed by atoms with Gasteiger partial charge in [0.2, 0.25) is 0 Å². The highest BCUT2D eigenvalue weighted by atomic mass is 16.1. The molecule has 2 aromatic rings. The van der Waals surface area contributed by atoms with Gasteiger partial charge in [0, 0.05) is 44.2 Å². The van der Waals surface area contributed by atoms with E-state index in [1.54, 1.807) is 10.9 Å². The molecule has 6 nitrogen and oxygen atoms in total. The summed E-state index contributed by atoms with van der Waals surface area (Å²) in [5, 5.41) is 11.4. The Hall–Kier alpha value is -1.95. The van der Waals surface area contributed by atoms with Crippen LogP contribution in [-0.2, 0) is 7.05 Å². The Labute approximate surface area is 111 Å². The summed E-state index contributed by atoms with van der Waals surface area (Å²) in [6.45, 7) is 4.61. The predicted octanol–water partition coefficient (Wildman–Crippen LogP) is 0.226. The molecule has 0 spiro atoms. The number of rotatable bonds is 3. The predicted molar refractivity (Wildman–Crippen MR) is 71.9 cm³/mol. The van der Waals surface area contributed by atoms with E-state index in [1.807, 2.05) is 20.0 Å². The van der Waals surface area contributed by atoms with E-state index in [0.29, 0.717) is 11.5 Å². The minimum Gasteiger partial charge on any atom is -0.352 e. The van der Waals surface area contributed by atoms with Crippen LogP contribution in [0.3, 0.4) is 0 Å². The van der Waals surface area contributed by atoms with Crippen molar-refractivity contribution in [2.24, 2.45) is 13.0 Å². The van der Waals surface area contributed by atoms with Gasteiger partial charge < -0.3 is 10.6 Å². The van der Waals surface area contributed by atoms with Gasteiger partial charge in [0.05, 0.1) is 11.3 Å². The molecule has 2 aromatic heterocycles. The molecule has 0 atom stereocenters. The van der Waals surface area contributed by atoms with Crippen LogP contribution in [0.15, 0.2) is 12.3 Å². The number of carbonyl (C=O) groups excluding carboxylic acids is 1. The lowest BCUT2D eigenvalue weighted by Gasteiger charge is -2.27. The number of nitrogens with one attached hydrogen (secondary N) is 2. The molecule has 1 aliphatic heterocycles. The maximum Gasteiger partial charge on any atom is 0.252 e. The number of aryl methyl sites for hydroxylation is 2. The highest BCUT2D eigenvalue weighted by Gasteiger charge is 2.18. The van der Waals surface area contributed by atoms with Gasteiger partial charge in [-0.15, -0.1) is 0 Å². The van der Waals surface area contributed by atoms with Crippen molar-refractivity contribution < 1.29 is 4.79 Å². The lowest BCUT2D eigenvalue weighted by Crippen LogP contribution is -2.48. The SMILES string of the molecule is Cc1nn(C)c2ncc(C(=O)NCC3CNC3)cc12. The van der Waals surface area contributed by atoms with Crippen molar-refractivity contribution in [3.05, 3.63) is 23.5 Å². The van der Waals surface area contributed by atoms with Crippen LogP contribution >= 0.6 is 0 Å². The van der Waals surface area contributed by atoms with E-state index < -0.39 is 0 Å². The van der Waals surface area contributed by atoms with Crippen LogP contribution in [0, 0.1) is 12.8 Å². The zero-order chi connectivity index (χ0) is 13.4. The Morgan fingerprint density at radius 1 is 1.58 bits per heavy atom. The smallest absolute Gasteiger partial charge is 0.252 e. The molecule has 3 rings (SSSR count). The first kappa shape index (κ1) is 12.1. The van der Waals surface area contributed by atoms with Crippen molar-refractivity contribution in [2.75, 3.05) is 19.6 Å². The van der Waals surface area contributed by atoms with E-state index in [1.165, 1.54) is 0 Å². The molecule has 0 aliphatic carbocycles. The van der Waals surface area contributed by atoms with Crippen LogP contribution in [0.1, 0.15) is 16.1 Å². The summed E-state index contributed by atoms with van der Waals surface area (Å²) in [5.74, 6) is 0.491. The summed E-state index contributed by atoms with van der Waals surface area (Å²) in [6.07, 6.45) is 1.61. The molecular formula is C13H17N5O. The van der Waals surface area contributed by atoms with Gasteiger partial charge in [0.1, 0.15) is 0 Å². The van der Waals surface area contributed by atoms with Crippen LogP contribution in [0.4, 0.5) is 0 Å². The minimum atomic E-state index is -0.0652. The number of carbonyl (C=O) groups is 1. The minimum absolute atomic E-state index is 0.0652. The van der Waals surface area contributed by atoms with Gasteiger partial charge in [-0.1, -0.05) is 0 Å². The molecule has 0 unspecified atom stereocenters. The number of fused-ring (bicyclic) bond motifs is 1. The lowest BCUT2D eigenvalue weighted by atomic mass is 10.0. The number of hydrogen-bond donors (Lipinski definition) is 2. The normalized spacial score (nSPS) is 15.5. The van der Waals surface area contributed by atoms with Gasteiger partial charge in [-0.05, 0) is 13.0 Å². The van der Waals surface area contributed by atoms with Gasteiger partial charge in [0.15, 0.2) is 5.65 Å². The van der Waals surface area contributed by atoms with Crippen LogP contribution in [0.5, 0.6) is 0 Å². The van der Waals surface area contributed by atoms with Gasteiger partial charge >= 0.3 is 0 Å². The lowest BCUT2D eigenvalue weighted by molar-refractivity contribution is 0.0942. The molecule has 0 radical (unpaired) electrons. The van der Waals surface area contributed by atoms with Gasteiger partial charge in [0.25, 0.3) is 5.91 Å². The molecule has 1 amide bonds. The standard InChI is InChI=1S/C13H17N5O/c1-8-11-3-10(7-15-12(11)18(2)17-8)13(19)16-6-9-4-14-5-9/h3,7,9,14H,4-6H2,1-2H3,(H,16,19). The van der Waals surface area contributed by atoms with E-state index in [0.717, 1.165) is 36.4 Å². The molecule has 100 valence electrons. The van der Waals surface area contributed by atoms with E-state index in [2.05, 4.69) is 20.7 Å². The summed E-state index contributed by atoms with van der Waals surface area (Å²) in [6, 6.07) is 1.86. The maximum absolute atomic E-state index is 12.1. The molecule has 0 bridgehead atoms. The molecule has 1 saturated heterocycles. The summed E-state index contributed by atoms with van der Waals surface area (Å²) >= 11 is 0. The number of pyridine rings is 1. The third-order valence-corrected chi connectivity index (χ3v) is 3.54. The zero-order valence-electron chi connectivity index (χ0n) is 11.1. The fourth-order valence-electron chi connectivity index (χ4n) is 2.26. The summed E-state index contributed by atoms with van der Waals surface area (Å²) < 4.78 is 1.73. The second kappa shape index (κ2) is 4.62. The number of hydrogen-bond acceptors (Lipinski definition) is 4. The van der Waals surface area contributed by atoms with Crippen molar-refractivity contribution >= 4 is 16.9 Å². The highest BCUT2D eigenvalue weighted by Crippen LogP contribution is 2.16. The van der Waals surface area contributed by atoms with Crippen LogP contribution in [-0.4, -0.2) is 40.3 Å². The van der Waals surface area contributed by atoms with Crippen LogP contribution < -0.4 is 10.6 Å². The molecule has 19 heavy (non-hydrogen) atoms. The first-order chi connectivity index (χ1) is 9.15. The average Bonchev–Trinajstić information content (AvgIpc) is 2.62. The molecule has 2 N–H and O–H groups in total. The van der Waals surface area contributed by atoms with Crippen molar-refractivity contribution in [1.82, 2.24) is 25.4 Å². The topological polar surface area (TPSA) is 71.8 Å². The van der Waals surface area contributed by atoms with E-state index in [9.17, 15) is 4.79 Å². The summed E-state index contributed by atoms with van der Waals surface area (Å²) in [5.41, 5.74) is 2.29. The van der Waals surface area contributed by atoms with Crippen LogP contribution in [0.2, 0.25) is 0 Å². The molecule has 1 fully saturated rings. The summed E-state index contributed by atoms with van der Waals surface area (Å²) in [7, 11) is 1.85. The molecule has 6 heteroatoms. The second-order valence-electron chi connectivity index (χ2n) is 5.04. The quantitative estimate of drug-likeness (QED) is 0.827. The Morgan fingerprint density at radius 3 is 3.05 bits per heavy atom. The molecule has 1 aliphatic rings. The van der Waals surface area contributed by atoms with Crippen LogP contribution in [0.25, 0.3) is 11.0 Å². The highest BCUT2D eigenvalue weighted by molar-refractivity contribution is 5.97. The number of amides is 1. The first-order valence-electron chi connectivity index (χ1n) is 6.43. The Kier molecular flexibility index (Phi) is 2.94. The fraction of sp³-hybridized carbons (Fsp3) is 0.462. The Balaban J connectivity index is 1.79. The number of nitrogens with zero attached hydrogens (tertiary/aromatic N) is 3. The van der Waals surface area contributed by atoms with Gasteiger partial charge in [-0.2, -0.15) is 5.10 Å². The van der Waals surface area contributed by atoms with Crippen molar-refractivity contribution in [1.29, 1.82) is 0 Å².